The molecular formula is C20H23N5O2. The lowest BCUT2D eigenvalue weighted by molar-refractivity contribution is 0.0768. The van der Waals surface area contributed by atoms with Gasteiger partial charge < -0.3 is 14.3 Å². The Hall–Kier alpha value is -2.96. The van der Waals surface area contributed by atoms with E-state index in [0.717, 1.165) is 48.5 Å². The van der Waals surface area contributed by atoms with Gasteiger partial charge in [0.1, 0.15) is 0 Å². The van der Waals surface area contributed by atoms with Gasteiger partial charge in [-0.05, 0) is 45.4 Å². The Morgan fingerprint density at radius 1 is 1.07 bits per heavy atom. The van der Waals surface area contributed by atoms with Gasteiger partial charge in [-0.15, -0.1) is 0 Å². The monoisotopic (exact) mass is 365 g/mol. The molecule has 0 spiro atoms. The lowest BCUT2D eigenvalue weighted by Gasteiger charge is -2.24. The third-order valence-corrected chi connectivity index (χ3v) is 5.00. The van der Waals surface area contributed by atoms with Gasteiger partial charge in [0.2, 0.25) is 0 Å². The fourth-order valence-electron chi connectivity index (χ4n) is 3.66. The van der Waals surface area contributed by atoms with Crippen LogP contribution in [-0.2, 0) is 0 Å². The minimum atomic E-state index is 0.0181. The fourth-order valence-corrected chi connectivity index (χ4v) is 3.66. The Labute approximate surface area is 158 Å². The molecule has 0 atom stereocenters. The van der Waals surface area contributed by atoms with Crippen LogP contribution in [0.25, 0.3) is 11.1 Å². The van der Waals surface area contributed by atoms with E-state index in [4.69, 9.17) is 4.52 Å². The third-order valence-electron chi connectivity index (χ3n) is 5.00. The summed E-state index contributed by atoms with van der Waals surface area (Å²) in [5.41, 5.74) is 4.68. The Kier molecular flexibility index (Phi) is 4.51. The summed E-state index contributed by atoms with van der Waals surface area (Å²) >= 11 is 0. The van der Waals surface area contributed by atoms with Crippen LogP contribution in [0, 0.1) is 20.8 Å². The number of aromatic nitrogens is 3. The molecule has 0 unspecified atom stereocenters. The maximum absolute atomic E-state index is 13.3. The Bertz CT molecular complexity index is 997. The van der Waals surface area contributed by atoms with Gasteiger partial charge in [-0.1, -0.05) is 5.16 Å². The standard InChI is InChI=1S/C20H23N5O2/c1-13-11-16(5-6-21-13)24-7-4-8-25(10-9-24)20(26)17-12-14(2)22-19-18(17)15(3)23-27-19/h5-6,11-12H,4,7-10H2,1-3H3. The molecule has 1 aliphatic rings. The van der Waals surface area contributed by atoms with Crippen molar-refractivity contribution >= 4 is 22.7 Å². The molecule has 0 radical (unpaired) electrons. The number of aryl methyl sites for hydroxylation is 3. The van der Waals surface area contributed by atoms with E-state index < -0.39 is 0 Å². The van der Waals surface area contributed by atoms with Crippen molar-refractivity contribution in [1.82, 2.24) is 20.0 Å². The second kappa shape index (κ2) is 6.98. The number of fused-ring (bicyclic) bond motifs is 1. The van der Waals surface area contributed by atoms with Gasteiger partial charge in [0.05, 0.1) is 16.6 Å². The summed E-state index contributed by atoms with van der Waals surface area (Å²) < 4.78 is 5.27. The van der Waals surface area contributed by atoms with Crippen LogP contribution in [0.4, 0.5) is 5.69 Å². The SMILES string of the molecule is Cc1cc(N2CCCN(C(=O)c3cc(C)nc4onc(C)c34)CC2)ccn1. The molecule has 0 aliphatic carbocycles. The zero-order chi connectivity index (χ0) is 19.0. The third kappa shape index (κ3) is 3.37. The number of hydrogen-bond donors (Lipinski definition) is 0. The molecule has 140 valence electrons. The lowest BCUT2D eigenvalue weighted by Crippen LogP contribution is -2.35. The predicted molar refractivity (Wildman–Crippen MR) is 103 cm³/mol. The van der Waals surface area contributed by atoms with Crippen LogP contribution in [0.3, 0.4) is 0 Å². The van der Waals surface area contributed by atoms with Crippen molar-refractivity contribution in [2.45, 2.75) is 27.2 Å². The van der Waals surface area contributed by atoms with Crippen LogP contribution in [0.1, 0.15) is 33.9 Å². The maximum Gasteiger partial charge on any atom is 0.258 e. The molecule has 0 saturated carbocycles. The molecule has 0 N–H and O–H groups in total. The molecule has 4 rings (SSSR count). The maximum atomic E-state index is 13.3. The predicted octanol–water partition coefficient (Wildman–Crippen LogP) is 2.90. The molecule has 3 aromatic rings. The van der Waals surface area contributed by atoms with E-state index in [-0.39, 0.29) is 5.91 Å². The van der Waals surface area contributed by atoms with Gasteiger partial charge >= 0.3 is 0 Å². The fraction of sp³-hybridized carbons (Fsp3) is 0.400. The van der Waals surface area contributed by atoms with Crippen LogP contribution in [-0.4, -0.2) is 52.1 Å². The van der Waals surface area contributed by atoms with Crippen molar-refractivity contribution < 1.29 is 9.32 Å². The van der Waals surface area contributed by atoms with E-state index in [0.29, 0.717) is 23.5 Å². The molecule has 4 heterocycles. The van der Waals surface area contributed by atoms with E-state index in [1.165, 1.54) is 0 Å². The largest absolute Gasteiger partial charge is 0.370 e. The number of carbonyl (C=O) groups is 1. The van der Waals surface area contributed by atoms with Gasteiger partial charge in [0.15, 0.2) is 0 Å². The summed E-state index contributed by atoms with van der Waals surface area (Å²) in [6, 6.07) is 5.96. The number of anilines is 1. The first-order valence-corrected chi connectivity index (χ1v) is 9.23. The van der Waals surface area contributed by atoms with Gasteiger partial charge in [-0.3, -0.25) is 9.78 Å². The molecule has 27 heavy (non-hydrogen) atoms. The molecule has 1 fully saturated rings. The smallest absolute Gasteiger partial charge is 0.258 e. The summed E-state index contributed by atoms with van der Waals surface area (Å²) in [7, 11) is 0. The number of amides is 1. The number of hydrogen-bond acceptors (Lipinski definition) is 6. The number of rotatable bonds is 2. The van der Waals surface area contributed by atoms with Crippen molar-refractivity contribution in [2.24, 2.45) is 0 Å². The molecule has 0 bridgehead atoms. The normalized spacial score (nSPS) is 15.2. The first-order valence-electron chi connectivity index (χ1n) is 9.23. The van der Waals surface area contributed by atoms with Crippen molar-refractivity contribution in [3.8, 4) is 0 Å². The number of nitrogens with zero attached hydrogens (tertiary/aromatic N) is 5. The topological polar surface area (TPSA) is 75.4 Å². The second-order valence-corrected chi connectivity index (χ2v) is 7.05. The molecule has 3 aromatic heterocycles. The highest BCUT2D eigenvalue weighted by atomic mass is 16.5. The van der Waals surface area contributed by atoms with Crippen LogP contribution in [0.5, 0.6) is 0 Å². The van der Waals surface area contributed by atoms with E-state index in [1.54, 1.807) is 0 Å². The Morgan fingerprint density at radius 3 is 2.74 bits per heavy atom. The summed E-state index contributed by atoms with van der Waals surface area (Å²) in [6.45, 7) is 8.82. The zero-order valence-electron chi connectivity index (χ0n) is 15.9. The average Bonchev–Trinajstić information content (AvgIpc) is 2.87. The van der Waals surface area contributed by atoms with E-state index >= 15 is 0 Å². The van der Waals surface area contributed by atoms with Crippen molar-refractivity contribution in [2.75, 3.05) is 31.1 Å². The second-order valence-electron chi connectivity index (χ2n) is 7.05. The molecule has 1 saturated heterocycles. The van der Waals surface area contributed by atoms with E-state index in [1.807, 2.05) is 44.0 Å². The highest BCUT2D eigenvalue weighted by Gasteiger charge is 2.24. The lowest BCUT2D eigenvalue weighted by atomic mass is 10.1. The first kappa shape index (κ1) is 17.5. The van der Waals surface area contributed by atoms with Crippen molar-refractivity contribution in [3.05, 3.63) is 47.0 Å². The average molecular weight is 365 g/mol. The van der Waals surface area contributed by atoms with Gasteiger partial charge in [-0.25, -0.2) is 4.98 Å². The quantitative estimate of drug-likeness (QED) is 0.695. The number of pyridine rings is 2. The van der Waals surface area contributed by atoms with E-state index in [2.05, 4.69) is 26.1 Å². The van der Waals surface area contributed by atoms with Gasteiger partial charge in [0, 0.05) is 49.5 Å². The minimum Gasteiger partial charge on any atom is -0.370 e. The van der Waals surface area contributed by atoms with Crippen molar-refractivity contribution in [3.63, 3.8) is 0 Å². The molecule has 0 aromatic carbocycles. The van der Waals surface area contributed by atoms with Gasteiger partial charge in [-0.2, -0.15) is 0 Å². The summed E-state index contributed by atoms with van der Waals surface area (Å²) in [6.07, 6.45) is 2.76. The van der Waals surface area contributed by atoms with E-state index in [9.17, 15) is 4.79 Å². The van der Waals surface area contributed by atoms with Crippen LogP contribution >= 0.6 is 0 Å². The molecule has 7 heteroatoms. The molecule has 1 amide bonds. The first-order chi connectivity index (χ1) is 13.0. The molecule has 1 aliphatic heterocycles. The Morgan fingerprint density at radius 2 is 1.93 bits per heavy atom. The molecule has 7 nitrogen and oxygen atoms in total. The van der Waals surface area contributed by atoms with Crippen LogP contribution in [0.15, 0.2) is 28.9 Å². The van der Waals surface area contributed by atoms with Crippen molar-refractivity contribution in [1.29, 1.82) is 0 Å². The van der Waals surface area contributed by atoms with Gasteiger partial charge in [0.25, 0.3) is 11.6 Å². The van der Waals surface area contributed by atoms with Crippen LogP contribution < -0.4 is 4.90 Å². The molecular weight excluding hydrogens is 342 g/mol. The summed E-state index contributed by atoms with van der Waals surface area (Å²) in [5.74, 6) is 0.0181. The highest BCUT2D eigenvalue weighted by molar-refractivity contribution is 6.06. The summed E-state index contributed by atoms with van der Waals surface area (Å²) in [4.78, 5) is 26.1. The highest BCUT2D eigenvalue weighted by Crippen LogP contribution is 2.24. The summed E-state index contributed by atoms with van der Waals surface area (Å²) in [5, 5.41) is 4.70. The number of carbonyl (C=O) groups excluding carboxylic acids is 1. The Balaban J connectivity index is 1.58. The minimum absolute atomic E-state index is 0.0181. The van der Waals surface area contributed by atoms with Crippen LogP contribution in [0.2, 0.25) is 0 Å². The zero-order valence-corrected chi connectivity index (χ0v) is 15.9.